The second-order valence-corrected chi connectivity index (χ2v) is 5.32. The molecule has 1 aliphatic rings. The van der Waals surface area contributed by atoms with Crippen molar-refractivity contribution in [2.45, 2.75) is 18.9 Å². The summed E-state index contributed by atoms with van der Waals surface area (Å²) in [4.78, 5) is 16.9. The number of carbonyl (C=O) groups excluding carboxylic acids is 1. The van der Waals surface area contributed by atoms with Crippen LogP contribution in [-0.4, -0.2) is 27.9 Å². The van der Waals surface area contributed by atoms with Gasteiger partial charge in [0.15, 0.2) is 0 Å². The molecule has 3 N–H and O–H groups in total. The molecule has 19 heavy (non-hydrogen) atoms. The summed E-state index contributed by atoms with van der Waals surface area (Å²) in [6.07, 6.45) is 5.79. The number of amides is 1. The average Bonchev–Trinajstić information content (AvgIpc) is 2.93. The molecule has 0 bridgehead atoms. The number of nitrogens with zero attached hydrogens (tertiary/aromatic N) is 2. The summed E-state index contributed by atoms with van der Waals surface area (Å²) in [6, 6.07) is 0.0934. The Morgan fingerprint density at radius 3 is 3.00 bits per heavy atom. The zero-order valence-electron chi connectivity index (χ0n) is 10.1. The lowest BCUT2D eigenvalue weighted by atomic mass is 10.2. The van der Waals surface area contributed by atoms with Gasteiger partial charge in [-0.05, 0) is 18.8 Å². The van der Waals surface area contributed by atoms with Crippen LogP contribution in [0.5, 0.6) is 0 Å². The van der Waals surface area contributed by atoms with Gasteiger partial charge in [0, 0.05) is 18.0 Å². The minimum Gasteiger partial charge on any atom is -0.349 e. The Bertz CT molecular complexity index is 552. The number of hydrogen-bond acceptors (Lipinski definition) is 4. The molecule has 1 unspecified atom stereocenters. The fourth-order valence-electron chi connectivity index (χ4n) is 1.88. The monoisotopic (exact) mass is 322 g/mol. The van der Waals surface area contributed by atoms with Crippen LogP contribution in [0, 0.1) is 5.92 Å². The van der Waals surface area contributed by atoms with Crippen LogP contribution in [0.2, 0.25) is 0 Å². The van der Waals surface area contributed by atoms with Crippen molar-refractivity contribution in [1.29, 1.82) is 0 Å². The van der Waals surface area contributed by atoms with Crippen LogP contribution in [-0.2, 0) is 0 Å². The number of thiazole rings is 1. The Kier molecular flexibility index (Phi) is 5.61. The van der Waals surface area contributed by atoms with Crippen LogP contribution in [0.3, 0.4) is 0 Å². The number of carbonyl (C=O) groups is 1. The second-order valence-electron chi connectivity index (χ2n) is 4.43. The largest absolute Gasteiger partial charge is 0.349 e. The van der Waals surface area contributed by atoms with Crippen LogP contribution in [0.25, 0.3) is 4.83 Å². The molecule has 2 heterocycles. The maximum atomic E-state index is 12.0. The molecule has 5 nitrogen and oxygen atoms in total. The summed E-state index contributed by atoms with van der Waals surface area (Å²) < 4.78 is 1.79. The first kappa shape index (κ1) is 16.2. The van der Waals surface area contributed by atoms with Crippen molar-refractivity contribution < 1.29 is 4.79 Å². The van der Waals surface area contributed by atoms with Crippen molar-refractivity contribution >= 4 is 46.9 Å². The maximum Gasteiger partial charge on any atom is 0.269 e. The molecule has 0 aliphatic heterocycles. The van der Waals surface area contributed by atoms with E-state index in [0.29, 0.717) is 18.2 Å². The summed E-state index contributed by atoms with van der Waals surface area (Å²) in [5, 5.41) is 4.72. The number of nitrogens with two attached hydrogens (primary N) is 1. The molecule has 1 aliphatic carbocycles. The highest BCUT2D eigenvalue weighted by Gasteiger charge is 2.28. The van der Waals surface area contributed by atoms with Crippen molar-refractivity contribution in [2.75, 3.05) is 6.54 Å². The Morgan fingerprint density at radius 2 is 2.32 bits per heavy atom. The van der Waals surface area contributed by atoms with Gasteiger partial charge in [0.05, 0.1) is 6.20 Å². The highest BCUT2D eigenvalue weighted by Crippen LogP contribution is 2.31. The highest BCUT2D eigenvalue weighted by molar-refractivity contribution is 7.15. The summed E-state index contributed by atoms with van der Waals surface area (Å²) in [7, 11) is 0. The number of hydrogen-bond donors (Lipinski definition) is 2. The van der Waals surface area contributed by atoms with Crippen LogP contribution >= 0.6 is 36.2 Å². The average molecular weight is 323 g/mol. The van der Waals surface area contributed by atoms with Gasteiger partial charge >= 0.3 is 0 Å². The molecule has 0 aromatic carbocycles. The van der Waals surface area contributed by atoms with Gasteiger partial charge in [0.25, 0.3) is 5.91 Å². The van der Waals surface area contributed by atoms with E-state index in [2.05, 4.69) is 10.3 Å². The smallest absolute Gasteiger partial charge is 0.269 e. The summed E-state index contributed by atoms with van der Waals surface area (Å²) in [5.74, 6) is 0.524. The lowest BCUT2D eigenvalue weighted by Crippen LogP contribution is -2.38. The molecule has 0 radical (unpaired) electrons. The minimum atomic E-state index is -0.0784. The van der Waals surface area contributed by atoms with Gasteiger partial charge in [-0.1, -0.05) is 0 Å². The van der Waals surface area contributed by atoms with E-state index in [-0.39, 0.29) is 36.8 Å². The van der Waals surface area contributed by atoms with Crippen LogP contribution in [0.15, 0.2) is 17.9 Å². The summed E-state index contributed by atoms with van der Waals surface area (Å²) >= 11 is 1.51. The molecular formula is C11H16Cl2N4OS. The van der Waals surface area contributed by atoms with Crippen molar-refractivity contribution in [2.24, 2.45) is 11.7 Å². The van der Waals surface area contributed by atoms with Gasteiger partial charge in [-0.25, -0.2) is 4.98 Å². The lowest BCUT2D eigenvalue weighted by molar-refractivity contribution is 0.0944. The molecule has 106 valence electrons. The SMILES string of the molecule is Cl.Cl.NC(CNC(=O)c1csc2cncn12)C1CC1. The number of nitrogens with one attached hydrogen (secondary N) is 1. The van der Waals surface area contributed by atoms with Gasteiger partial charge in [0.1, 0.15) is 16.9 Å². The van der Waals surface area contributed by atoms with Gasteiger partial charge in [-0.3, -0.25) is 9.20 Å². The fourth-order valence-corrected chi connectivity index (χ4v) is 2.71. The van der Waals surface area contributed by atoms with E-state index >= 15 is 0 Å². The molecule has 0 spiro atoms. The van der Waals surface area contributed by atoms with E-state index in [4.69, 9.17) is 5.73 Å². The predicted molar refractivity (Wildman–Crippen MR) is 80.6 cm³/mol. The summed E-state index contributed by atoms with van der Waals surface area (Å²) in [5.41, 5.74) is 6.57. The maximum absolute atomic E-state index is 12.0. The topological polar surface area (TPSA) is 72.4 Å². The molecule has 8 heteroatoms. The molecule has 0 saturated heterocycles. The minimum absolute atomic E-state index is 0. The second kappa shape index (κ2) is 6.56. The zero-order valence-corrected chi connectivity index (χ0v) is 12.6. The quantitative estimate of drug-likeness (QED) is 0.900. The number of fused-ring (bicyclic) bond motifs is 1. The van der Waals surface area contributed by atoms with Crippen molar-refractivity contribution in [3.05, 3.63) is 23.6 Å². The predicted octanol–water partition coefficient (Wildman–Crippen LogP) is 1.71. The number of imidazole rings is 1. The first-order chi connectivity index (χ1) is 8.25. The molecule has 2 aromatic heterocycles. The number of rotatable bonds is 4. The van der Waals surface area contributed by atoms with E-state index in [1.54, 1.807) is 16.9 Å². The third kappa shape index (κ3) is 3.39. The van der Waals surface area contributed by atoms with Crippen LogP contribution in [0.1, 0.15) is 23.3 Å². The molecule has 1 fully saturated rings. The van der Waals surface area contributed by atoms with Gasteiger partial charge in [-0.2, -0.15) is 0 Å². The standard InChI is InChI=1S/C11H14N4OS.2ClH/c12-8(7-1-2-7)3-14-11(16)9-5-17-10-4-13-6-15(9)10;;/h4-8H,1-3,12H2,(H,14,16);2*1H. The Balaban J connectivity index is 0.000000902. The van der Waals surface area contributed by atoms with Crippen LogP contribution < -0.4 is 11.1 Å². The highest BCUT2D eigenvalue weighted by atomic mass is 35.5. The fraction of sp³-hybridized carbons (Fsp3) is 0.455. The van der Waals surface area contributed by atoms with E-state index in [9.17, 15) is 4.79 Å². The van der Waals surface area contributed by atoms with Crippen molar-refractivity contribution in [3.8, 4) is 0 Å². The molecule has 3 rings (SSSR count). The summed E-state index contributed by atoms with van der Waals surface area (Å²) in [6.45, 7) is 0.551. The van der Waals surface area contributed by atoms with E-state index in [0.717, 1.165) is 4.83 Å². The third-order valence-corrected chi connectivity index (χ3v) is 4.00. The molecular weight excluding hydrogens is 307 g/mol. The Morgan fingerprint density at radius 1 is 1.58 bits per heavy atom. The van der Waals surface area contributed by atoms with Gasteiger partial charge in [0.2, 0.25) is 0 Å². The van der Waals surface area contributed by atoms with E-state index < -0.39 is 0 Å². The van der Waals surface area contributed by atoms with Gasteiger partial charge < -0.3 is 11.1 Å². The third-order valence-electron chi connectivity index (χ3n) is 3.11. The lowest BCUT2D eigenvalue weighted by Gasteiger charge is -2.10. The normalized spacial score (nSPS) is 15.4. The van der Waals surface area contributed by atoms with Crippen LogP contribution in [0.4, 0.5) is 0 Å². The molecule has 1 atom stereocenters. The van der Waals surface area contributed by atoms with E-state index in [1.165, 1.54) is 24.2 Å². The van der Waals surface area contributed by atoms with Crippen molar-refractivity contribution in [1.82, 2.24) is 14.7 Å². The van der Waals surface area contributed by atoms with Gasteiger partial charge in [-0.15, -0.1) is 36.2 Å². The van der Waals surface area contributed by atoms with Crippen molar-refractivity contribution in [3.63, 3.8) is 0 Å². The molecule has 2 aromatic rings. The zero-order chi connectivity index (χ0) is 11.8. The molecule has 1 saturated carbocycles. The van der Waals surface area contributed by atoms with E-state index in [1.807, 2.05) is 5.38 Å². The first-order valence-electron chi connectivity index (χ1n) is 5.69. The number of aromatic nitrogens is 2. The Labute approximate surface area is 127 Å². The molecule has 1 amide bonds. The first-order valence-corrected chi connectivity index (χ1v) is 6.57. The number of halogens is 2. The Hall–Kier alpha value is -0.820.